The average Bonchev–Trinajstić information content (AvgIpc) is 3.08. The molecule has 0 aliphatic heterocycles. The number of benzene rings is 1. The minimum atomic E-state index is -1.53. The lowest BCUT2D eigenvalue weighted by Crippen LogP contribution is -2.25. The number of halogens is 1. The van der Waals surface area contributed by atoms with Crippen LogP contribution in [0.15, 0.2) is 29.1 Å². The minimum Gasteiger partial charge on any atom is -0.478 e. The third-order valence-corrected chi connectivity index (χ3v) is 4.57. The first-order valence-corrected chi connectivity index (χ1v) is 7.93. The summed E-state index contributed by atoms with van der Waals surface area (Å²) in [5.74, 6) is -3.53. The van der Waals surface area contributed by atoms with Gasteiger partial charge in [0.25, 0.3) is 5.56 Å². The van der Waals surface area contributed by atoms with Gasteiger partial charge in [-0.2, -0.15) is 0 Å². The predicted molar refractivity (Wildman–Crippen MR) is 87.6 cm³/mol. The fourth-order valence-electron chi connectivity index (χ4n) is 3.47. The molecule has 1 fully saturated rings. The molecule has 0 radical (unpaired) electrons. The van der Waals surface area contributed by atoms with E-state index in [9.17, 15) is 29.0 Å². The van der Waals surface area contributed by atoms with Crippen molar-refractivity contribution < 1.29 is 24.2 Å². The second-order valence-electron chi connectivity index (χ2n) is 6.09. The van der Waals surface area contributed by atoms with Crippen molar-refractivity contribution in [3.63, 3.8) is 0 Å². The summed E-state index contributed by atoms with van der Waals surface area (Å²) in [6.07, 6.45) is 3.29. The maximum absolute atomic E-state index is 13.2. The van der Waals surface area contributed by atoms with E-state index in [1.807, 2.05) is 0 Å². The number of pyridine rings is 1. The molecular formula is C18H16FNO5. The zero-order valence-corrected chi connectivity index (χ0v) is 13.2. The number of carbonyl (C=O) groups is 2. The molecule has 0 amide bonds. The summed E-state index contributed by atoms with van der Waals surface area (Å²) in [6.45, 7) is 0. The Bertz CT molecular complexity index is 895. The first kappa shape index (κ1) is 16.9. The van der Waals surface area contributed by atoms with Crippen LogP contribution in [0.1, 0.15) is 58.0 Å². The van der Waals surface area contributed by atoms with Crippen molar-refractivity contribution in [1.82, 2.24) is 4.98 Å². The number of hydrogen-bond donors (Lipinski definition) is 3. The van der Waals surface area contributed by atoms with Crippen LogP contribution in [0.4, 0.5) is 4.39 Å². The molecule has 1 aliphatic carbocycles. The minimum absolute atomic E-state index is 0.138. The lowest BCUT2D eigenvalue weighted by molar-refractivity contribution is 0.0694. The molecule has 1 saturated carbocycles. The van der Waals surface area contributed by atoms with Crippen molar-refractivity contribution in [3.8, 4) is 11.1 Å². The van der Waals surface area contributed by atoms with Crippen LogP contribution in [0.25, 0.3) is 11.1 Å². The fourth-order valence-corrected chi connectivity index (χ4v) is 3.47. The van der Waals surface area contributed by atoms with E-state index in [4.69, 9.17) is 0 Å². The lowest BCUT2D eigenvalue weighted by Gasteiger charge is -2.18. The van der Waals surface area contributed by atoms with Crippen LogP contribution in [-0.4, -0.2) is 27.1 Å². The van der Waals surface area contributed by atoms with Crippen LogP contribution in [-0.2, 0) is 0 Å². The Labute approximate surface area is 141 Å². The van der Waals surface area contributed by atoms with Gasteiger partial charge >= 0.3 is 11.9 Å². The Morgan fingerprint density at radius 2 is 1.56 bits per heavy atom. The van der Waals surface area contributed by atoms with Gasteiger partial charge in [0.1, 0.15) is 11.4 Å². The number of aromatic nitrogens is 1. The molecule has 0 saturated heterocycles. The van der Waals surface area contributed by atoms with Crippen LogP contribution in [0.5, 0.6) is 0 Å². The van der Waals surface area contributed by atoms with Crippen molar-refractivity contribution >= 4 is 11.9 Å². The SMILES string of the molecule is O=C(O)c1c(C2CCCC2)[nH]c(=O)c(C(=O)O)c1-c1ccc(F)cc1. The summed E-state index contributed by atoms with van der Waals surface area (Å²) >= 11 is 0. The molecule has 0 bridgehead atoms. The first-order valence-electron chi connectivity index (χ1n) is 7.93. The van der Waals surface area contributed by atoms with Crippen molar-refractivity contribution in [2.45, 2.75) is 31.6 Å². The van der Waals surface area contributed by atoms with Crippen molar-refractivity contribution in [3.05, 3.63) is 57.3 Å². The summed E-state index contributed by atoms with van der Waals surface area (Å²) in [5, 5.41) is 19.2. The van der Waals surface area contributed by atoms with Gasteiger partial charge in [-0.15, -0.1) is 0 Å². The molecule has 1 aliphatic rings. The van der Waals surface area contributed by atoms with Gasteiger partial charge in [-0.25, -0.2) is 14.0 Å². The monoisotopic (exact) mass is 345 g/mol. The molecule has 1 aromatic carbocycles. The van der Waals surface area contributed by atoms with Crippen LogP contribution < -0.4 is 5.56 Å². The van der Waals surface area contributed by atoms with E-state index < -0.39 is 28.9 Å². The Kier molecular flexibility index (Phi) is 4.39. The molecule has 7 heteroatoms. The Hall–Kier alpha value is -2.96. The van der Waals surface area contributed by atoms with E-state index in [1.165, 1.54) is 12.1 Å². The molecule has 0 spiro atoms. The van der Waals surface area contributed by atoms with Crippen molar-refractivity contribution in [2.75, 3.05) is 0 Å². The number of hydrogen-bond acceptors (Lipinski definition) is 3. The molecule has 6 nitrogen and oxygen atoms in total. The molecule has 25 heavy (non-hydrogen) atoms. The standard InChI is InChI=1S/C18H16FNO5/c19-11-7-5-9(6-8-11)12-13(17(22)23)15(10-3-1-2-4-10)20-16(21)14(12)18(24)25/h5-8,10H,1-4H2,(H,20,21)(H,22,23)(H,24,25). The summed E-state index contributed by atoms with van der Waals surface area (Å²) in [7, 11) is 0. The number of aromatic carboxylic acids is 2. The lowest BCUT2D eigenvalue weighted by atomic mass is 9.89. The largest absolute Gasteiger partial charge is 0.478 e. The Balaban J connectivity index is 2.38. The molecule has 130 valence electrons. The number of aromatic amines is 1. The maximum atomic E-state index is 13.2. The van der Waals surface area contributed by atoms with E-state index in [-0.39, 0.29) is 28.3 Å². The zero-order chi connectivity index (χ0) is 18.1. The number of carboxylic acid groups (broad SMARTS) is 2. The second-order valence-corrected chi connectivity index (χ2v) is 6.09. The highest BCUT2D eigenvalue weighted by Crippen LogP contribution is 2.38. The summed E-state index contributed by atoms with van der Waals surface area (Å²) in [5.41, 5.74) is -1.47. The van der Waals surface area contributed by atoms with E-state index in [1.54, 1.807) is 0 Å². The highest BCUT2D eigenvalue weighted by Gasteiger charge is 2.31. The van der Waals surface area contributed by atoms with Gasteiger partial charge in [-0.3, -0.25) is 4.79 Å². The van der Waals surface area contributed by atoms with E-state index in [0.29, 0.717) is 0 Å². The Morgan fingerprint density at radius 1 is 1.00 bits per heavy atom. The third-order valence-electron chi connectivity index (χ3n) is 4.57. The quantitative estimate of drug-likeness (QED) is 0.788. The molecule has 0 atom stereocenters. The molecule has 2 aromatic rings. The number of nitrogens with one attached hydrogen (secondary N) is 1. The van der Waals surface area contributed by atoms with Gasteiger partial charge in [0.2, 0.25) is 0 Å². The zero-order valence-electron chi connectivity index (χ0n) is 13.2. The summed E-state index contributed by atoms with van der Waals surface area (Å²) in [6, 6.07) is 4.76. The maximum Gasteiger partial charge on any atom is 0.342 e. The van der Waals surface area contributed by atoms with Gasteiger partial charge in [-0.1, -0.05) is 25.0 Å². The second kappa shape index (κ2) is 6.51. The molecule has 1 aromatic heterocycles. The molecule has 0 unspecified atom stereocenters. The van der Waals surface area contributed by atoms with Gasteiger partial charge < -0.3 is 15.2 Å². The van der Waals surface area contributed by atoms with Gasteiger partial charge in [0, 0.05) is 11.3 Å². The summed E-state index contributed by atoms with van der Waals surface area (Å²) < 4.78 is 13.2. The van der Waals surface area contributed by atoms with Crippen molar-refractivity contribution in [1.29, 1.82) is 0 Å². The molecule has 3 N–H and O–H groups in total. The van der Waals surface area contributed by atoms with Crippen LogP contribution in [0, 0.1) is 5.82 Å². The van der Waals surface area contributed by atoms with Crippen LogP contribution >= 0.6 is 0 Å². The average molecular weight is 345 g/mol. The van der Waals surface area contributed by atoms with E-state index >= 15 is 0 Å². The Morgan fingerprint density at radius 3 is 2.08 bits per heavy atom. The van der Waals surface area contributed by atoms with E-state index in [2.05, 4.69) is 4.98 Å². The topological polar surface area (TPSA) is 107 Å². The predicted octanol–water partition coefficient (Wildman–Crippen LogP) is 3.24. The number of carboxylic acids is 2. The molecular weight excluding hydrogens is 329 g/mol. The van der Waals surface area contributed by atoms with Crippen LogP contribution in [0.3, 0.4) is 0 Å². The number of H-pyrrole nitrogens is 1. The van der Waals surface area contributed by atoms with Gasteiger partial charge in [-0.05, 0) is 36.5 Å². The summed E-state index contributed by atoms with van der Waals surface area (Å²) in [4.78, 5) is 38.4. The first-order chi connectivity index (χ1) is 11.9. The smallest absolute Gasteiger partial charge is 0.342 e. The van der Waals surface area contributed by atoms with Gasteiger partial charge in [0.05, 0.1) is 5.56 Å². The third kappa shape index (κ3) is 3.05. The molecule has 1 heterocycles. The fraction of sp³-hybridized carbons (Fsp3) is 0.278. The van der Waals surface area contributed by atoms with Crippen LogP contribution in [0.2, 0.25) is 0 Å². The van der Waals surface area contributed by atoms with E-state index in [0.717, 1.165) is 37.8 Å². The normalized spacial score (nSPS) is 14.6. The van der Waals surface area contributed by atoms with Gasteiger partial charge in [0.15, 0.2) is 0 Å². The van der Waals surface area contributed by atoms with Crippen molar-refractivity contribution in [2.24, 2.45) is 0 Å². The molecule has 3 rings (SSSR count). The number of rotatable bonds is 4. The highest BCUT2D eigenvalue weighted by atomic mass is 19.1. The highest BCUT2D eigenvalue weighted by molar-refractivity contribution is 6.05.